The van der Waals surface area contributed by atoms with E-state index in [1.165, 1.54) is 21.3 Å². The highest BCUT2D eigenvalue weighted by atomic mass is 16.5. The molecule has 0 aliphatic heterocycles. The number of ether oxygens (including phenoxy) is 4. The molecule has 30 heavy (non-hydrogen) atoms. The molecule has 2 aromatic heterocycles. The van der Waals surface area contributed by atoms with Crippen LogP contribution in [0, 0.1) is 0 Å². The van der Waals surface area contributed by atoms with Gasteiger partial charge in [-0.2, -0.15) is 0 Å². The molecule has 8 nitrogen and oxygen atoms in total. The van der Waals surface area contributed by atoms with Gasteiger partial charge in [-0.3, -0.25) is 9.78 Å². The van der Waals surface area contributed by atoms with Crippen LogP contribution in [0.2, 0.25) is 0 Å². The molecule has 2 heterocycles. The van der Waals surface area contributed by atoms with E-state index in [1.807, 2.05) is 12.1 Å². The van der Waals surface area contributed by atoms with Crippen molar-refractivity contribution in [1.82, 2.24) is 9.97 Å². The van der Waals surface area contributed by atoms with E-state index in [2.05, 4.69) is 15.3 Å². The van der Waals surface area contributed by atoms with Crippen molar-refractivity contribution in [3.05, 3.63) is 66.1 Å². The first-order valence-corrected chi connectivity index (χ1v) is 9.20. The average Bonchev–Trinajstić information content (AvgIpc) is 2.78. The van der Waals surface area contributed by atoms with Crippen molar-refractivity contribution in [3.8, 4) is 23.0 Å². The summed E-state index contributed by atoms with van der Waals surface area (Å²) in [5.74, 6) is 2.02. The van der Waals surface area contributed by atoms with Crippen LogP contribution in [-0.2, 0) is 17.8 Å². The van der Waals surface area contributed by atoms with Crippen LogP contribution in [0.4, 0.5) is 5.82 Å². The molecule has 0 atom stereocenters. The molecule has 1 aromatic carbocycles. The summed E-state index contributed by atoms with van der Waals surface area (Å²) in [7, 11) is 4.59. The monoisotopic (exact) mass is 409 g/mol. The number of hydrogen-bond donors (Lipinski definition) is 1. The number of pyridine rings is 2. The fraction of sp³-hybridized carbons (Fsp3) is 0.227. The number of benzene rings is 1. The van der Waals surface area contributed by atoms with Gasteiger partial charge in [-0.25, -0.2) is 4.98 Å². The van der Waals surface area contributed by atoms with Gasteiger partial charge in [0.15, 0.2) is 23.1 Å². The van der Waals surface area contributed by atoms with Crippen LogP contribution in [0.25, 0.3) is 0 Å². The summed E-state index contributed by atoms with van der Waals surface area (Å²) < 4.78 is 21.8. The SMILES string of the molecule is COc1cc(CC(=O)Nc2ncccc2OCc2ccncc2)cc(OC)c1OC. The molecule has 1 amide bonds. The molecule has 0 aliphatic rings. The molecule has 8 heteroatoms. The number of aromatic nitrogens is 2. The Morgan fingerprint density at radius 3 is 2.23 bits per heavy atom. The Bertz CT molecular complexity index is 970. The van der Waals surface area contributed by atoms with Crippen LogP contribution in [0.5, 0.6) is 23.0 Å². The van der Waals surface area contributed by atoms with E-state index in [9.17, 15) is 4.79 Å². The summed E-state index contributed by atoms with van der Waals surface area (Å²) >= 11 is 0. The highest BCUT2D eigenvalue weighted by molar-refractivity contribution is 5.92. The summed E-state index contributed by atoms with van der Waals surface area (Å²) in [5.41, 5.74) is 1.67. The van der Waals surface area contributed by atoms with E-state index in [0.717, 1.165) is 5.56 Å². The van der Waals surface area contributed by atoms with Crippen LogP contribution in [0.15, 0.2) is 55.0 Å². The normalized spacial score (nSPS) is 10.2. The van der Waals surface area contributed by atoms with Gasteiger partial charge in [0.05, 0.1) is 27.8 Å². The van der Waals surface area contributed by atoms with Crippen LogP contribution in [-0.4, -0.2) is 37.2 Å². The van der Waals surface area contributed by atoms with Crippen molar-refractivity contribution in [2.24, 2.45) is 0 Å². The fourth-order valence-electron chi connectivity index (χ4n) is 2.84. The minimum atomic E-state index is -0.253. The first-order chi connectivity index (χ1) is 14.6. The summed E-state index contributed by atoms with van der Waals surface area (Å²) in [6, 6.07) is 10.7. The maximum atomic E-state index is 12.6. The van der Waals surface area contributed by atoms with E-state index < -0.39 is 0 Å². The lowest BCUT2D eigenvalue weighted by molar-refractivity contribution is -0.115. The molecule has 1 N–H and O–H groups in total. The molecular weight excluding hydrogens is 386 g/mol. The van der Waals surface area contributed by atoms with E-state index in [-0.39, 0.29) is 12.3 Å². The van der Waals surface area contributed by atoms with Crippen molar-refractivity contribution >= 4 is 11.7 Å². The molecule has 0 aliphatic carbocycles. The Labute approximate surface area is 174 Å². The maximum Gasteiger partial charge on any atom is 0.230 e. The summed E-state index contributed by atoms with van der Waals surface area (Å²) in [5, 5.41) is 2.80. The highest BCUT2D eigenvalue weighted by Crippen LogP contribution is 2.38. The third-order valence-corrected chi connectivity index (χ3v) is 4.26. The number of nitrogens with zero attached hydrogens (tertiary/aromatic N) is 2. The first-order valence-electron chi connectivity index (χ1n) is 9.20. The Hall–Kier alpha value is -3.81. The third-order valence-electron chi connectivity index (χ3n) is 4.26. The number of hydrogen-bond acceptors (Lipinski definition) is 7. The minimum Gasteiger partial charge on any atom is -0.493 e. The third kappa shape index (κ3) is 5.16. The van der Waals surface area contributed by atoms with Crippen LogP contribution in [0.1, 0.15) is 11.1 Å². The van der Waals surface area contributed by atoms with Gasteiger partial charge < -0.3 is 24.3 Å². The predicted octanol–water partition coefficient (Wildman–Crippen LogP) is 3.26. The molecule has 0 unspecified atom stereocenters. The zero-order chi connectivity index (χ0) is 21.3. The number of nitrogens with one attached hydrogen (secondary N) is 1. The van der Waals surface area contributed by atoms with Gasteiger partial charge in [0, 0.05) is 18.6 Å². The molecule has 3 rings (SSSR count). The second-order valence-electron chi connectivity index (χ2n) is 6.25. The zero-order valence-corrected chi connectivity index (χ0v) is 17.0. The zero-order valence-electron chi connectivity index (χ0n) is 17.0. The Balaban J connectivity index is 1.71. The van der Waals surface area contributed by atoms with Crippen LogP contribution in [0.3, 0.4) is 0 Å². The second kappa shape index (κ2) is 10.1. The standard InChI is InChI=1S/C22H23N3O5/c1-27-18-11-16(12-19(28-2)21(18)29-3)13-20(26)25-22-17(5-4-8-24-22)30-14-15-6-9-23-10-7-15/h4-12H,13-14H2,1-3H3,(H,24,25,26). The number of anilines is 1. The number of carbonyl (C=O) groups excluding carboxylic acids is 1. The van der Waals surface area contributed by atoms with Crippen LogP contribution < -0.4 is 24.3 Å². The average molecular weight is 409 g/mol. The number of methoxy groups -OCH3 is 3. The van der Waals surface area contributed by atoms with E-state index in [4.69, 9.17) is 18.9 Å². The molecule has 0 fully saturated rings. The number of amides is 1. The molecular formula is C22H23N3O5. The summed E-state index contributed by atoms with van der Waals surface area (Å²) in [6.45, 7) is 0.337. The predicted molar refractivity (Wildman–Crippen MR) is 111 cm³/mol. The molecule has 0 spiro atoms. The summed E-state index contributed by atoms with van der Waals surface area (Å²) in [4.78, 5) is 20.8. The van der Waals surface area contributed by atoms with Crippen molar-refractivity contribution in [2.45, 2.75) is 13.0 Å². The highest BCUT2D eigenvalue weighted by Gasteiger charge is 2.16. The Morgan fingerprint density at radius 2 is 1.60 bits per heavy atom. The lowest BCUT2D eigenvalue weighted by Gasteiger charge is -2.14. The van der Waals surface area contributed by atoms with Crippen molar-refractivity contribution in [2.75, 3.05) is 26.6 Å². The van der Waals surface area contributed by atoms with E-state index in [0.29, 0.717) is 41.0 Å². The Kier molecular flexibility index (Phi) is 7.05. The quantitative estimate of drug-likeness (QED) is 0.580. The maximum absolute atomic E-state index is 12.6. The molecule has 0 radical (unpaired) electrons. The largest absolute Gasteiger partial charge is 0.493 e. The number of carbonyl (C=O) groups is 1. The molecule has 0 bridgehead atoms. The van der Waals surface area contributed by atoms with Gasteiger partial charge in [0.1, 0.15) is 6.61 Å². The van der Waals surface area contributed by atoms with E-state index >= 15 is 0 Å². The van der Waals surface area contributed by atoms with Gasteiger partial charge in [0.2, 0.25) is 11.7 Å². The van der Waals surface area contributed by atoms with E-state index in [1.54, 1.807) is 42.9 Å². The van der Waals surface area contributed by atoms with Gasteiger partial charge in [-0.05, 0) is 47.5 Å². The number of rotatable bonds is 9. The molecule has 156 valence electrons. The molecule has 3 aromatic rings. The van der Waals surface area contributed by atoms with Crippen molar-refractivity contribution in [1.29, 1.82) is 0 Å². The molecule has 0 saturated carbocycles. The lowest BCUT2D eigenvalue weighted by atomic mass is 10.1. The van der Waals surface area contributed by atoms with Gasteiger partial charge in [-0.15, -0.1) is 0 Å². The minimum absolute atomic E-state index is 0.0943. The Morgan fingerprint density at radius 1 is 0.900 bits per heavy atom. The summed E-state index contributed by atoms with van der Waals surface area (Å²) in [6.07, 6.45) is 5.08. The van der Waals surface area contributed by atoms with Gasteiger partial charge in [-0.1, -0.05) is 0 Å². The second-order valence-corrected chi connectivity index (χ2v) is 6.25. The fourth-order valence-corrected chi connectivity index (χ4v) is 2.84. The van der Waals surface area contributed by atoms with Crippen molar-refractivity contribution < 1.29 is 23.7 Å². The topological polar surface area (TPSA) is 91.8 Å². The van der Waals surface area contributed by atoms with Gasteiger partial charge in [0.25, 0.3) is 0 Å². The van der Waals surface area contributed by atoms with Crippen molar-refractivity contribution in [3.63, 3.8) is 0 Å². The molecule has 0 saturated heterocycles. The smallest absolute Gasteiger partial charge is 0.230 e. The first kappa shape index (κ1) is 20.9. The van der Waals surface area contributed by atoms with Gasteiger partial charge >= 0.3 is 0 Å². The lowest BCUT2D eigenvalue weighted by Crippen LogP contribution is -2.16. The van der Waals surface area contributed by atoms with Crippen LogP contribution >= 0.6 is 0 Å².